The van der Waals surface area contributed by atoms with Gasteiger partial charge in [-0.15, -0.1) is 0 Å². The maximum Gasteiger partial charge on any atom is 0.406 e. The van der Waals surface area contributed by atoms with Crippen LogP contribution in [0, 0.1) is 5.92 Å². The predicted molar refractivity (Wildman–Crippen MR) is 109 cm³/mol. The largest absolute Gasteiger partial charge is 0.495 e. The summed E-state index contributed by atoms with van der Waals surface area (Å²) in [5, 5.41) is 0. The Labute approximate surface area is 181 Å². The summed E-state index contributed by atoms with van der Waals surface area (Å²) >= 11 is 0. The minimum atomic E-state index is -4.55. The summed E-state index contributed by atoms with van der Waals surface area (Å²) in [6.07, 6.45) is 0.351. The van der Waals surface area contributed by atoms with Gasteiger partial charge in [0.05, 0.1) is 7.11 Å². The summed E-state index contributed by atoms with van der Waals surface area (Å²) in [7, 11) is -2.63. The second-order valence-corrected chi connectivity index (χ2v) is 10.2. The van der Waals surface area contributed by atoms with Crippen LogP contribution in [0.25, 0.3) is 0 Å². The first-order valence-electron chi connectivity index (χ1n) is 10.6. The fourth-order valence-corrected chi connectivity index (χ4v) is 5.72. The van der Waals surface area contributed by atoms with E-state index in [1.807, 2.05) is 0 Å². The molecule has 1 aliphatic heterocycles. The molecule has 6 nitrogen and oxygen atoms in total. The van der Waals surface area contributed by atoms with Gasteiger partial charge in [0.1, 0.15) is 17.2 Å². The van der Waals surface area contributed by atoms with Crippen molar-refractivity contribution in [2.24, 2.45) is 5.92 Å². The molecule has 174 valence electrons. The number of methoxy groups -OCH3 is 1. The molecule has 3 rings (SSSR count). The van der Waals surface area contributed by atoms with Gasteiger partial charge >= 0.3 is 6.18 Å². The Kier molecular flexibility index (Phi) is 7.20. The number of carbonyl (C=O) groups is 1. The van der Waals surface area contributed by atoms with E-state index in [1.165, 1.54) is 23.5 Å². The van der Waals surface area contributed by atoms with Crippen molar-refractivity contribution in [2.45, 2.75) is 62.6 Å². The molecule has 1 aliphatic carbocycles. The zero-order valence-electron chi connectivity index (χ0n) is 17.8. The minimum absolute atomic E-state index is 0.0323. The standard InChI is InChI=1S/C21H29F3N2O4S/c1-15(16-7-8-16)26(14-21(22,23)24)20(27)17-9-10-18(30-2)19(13-17)31(28,29)25-11-5-3-4-6-12-25/h9-10,13,15-16H,3-8,11-12,14H2,1-2H3. The Balaban J connectivity index is 1.96. The van der Waals surface area contributed by atoms with E-state index in [-0.39, 0.29) is 22.1 Å². The van der Waals surface area contributed by atoms with Crippen molar-refractivity contribution in [3.8, 4) is 5.75 Å². The zero-order chi connectivity index (χ0) is 22.8. The van der Waals surface area contributed by atoms with Crippen molar-refractivity contribution in [3.05, 3.63) is 23.8 Å². The molecule has 1 unspecified atom stereocenters. The number of hydrogen-bond acceptors (Lipinski definition) is 4. The number of nitrogens with zero attached hydrogens (tertiary/aromatic N) is 2. The molecule has 31 heavy (non-hydrogen) atoms. The second-order valence-electron chi connectivity index (χ2n) is 8.31. The lowest BCUT2D eigenvalue weighted by molar-refractivity contribution is -0.144. The van der Waals surface area contributed by atoms with Crippen molar-refractivity contribution < 1.29 is 31.1 Å². The summed E-state index contributed by atoms with van der Waals surface area (Å²) in [5.41, 5.74) is -0.0917. The van der Waals surface area contributed by atoms with E-state index in [2.05, 4.69) is 0 Å². The van der Waals surface area contributed by atoms with E-state index < -0.39 is 34.7 Å². The average Bonchev–Trinajstić information content (AvgIpc) is 3.57. The average molecular weight is 463 g/mol. The van der Waals surface area contributed by atoms with Crippen LogP contribution in [0.15, 0.2) is 23.1 Å². The molecule has 0 radical (unpaired) electrons. The van der Waals surface area contributed by atoms with Gasteiger partial charge < -0.3 is 9.64 Å². The zero-order valence-corrected chi connectivity index (χ0v) is 18.6. The van der Waals surface area contributed by atoms with E-state index in [0.29, 0.717) is 13.1 Å². The summed E-state index contributed by atoms with van der Waals surface area (Å²) in [6.45, 7) is 0.967. The highest BCUT2D eigenvalue weighted by atomic mass is 32.2. The van der Waals surface area contributed by atoms with E-state index in [9.17, 15) is 26.4 Å². The molecular weight excluding hydrogens is 433 g/mol. The van der Waals surface area contributed by atoms with E-state index in [1.54, 1.807) is 6.92 Å². The molecule has 0 bridgehead atoms. The van der Waals surface area contributed by atoms with Crippen LogP contribution in [0.1, 0.15) is 55.8 Å². The van der Waals surface area contributed by atoms with E-state index >= 15 is 0 Å². The first-order valence-corrected chi connectivity index (χ1v) is 12.0. The molecular formula is C21H29F3N2O4S. The highest BCUT2D eigenvalue weighted by molar-refractivity contribution is 7.89. The Hall–Kier alpha value is -1.81. The van der Waals surface area contributed by atoms with Gasteiger partial charge in [-0.2, -0.15) is 17.5 Å². The normalized spacial score (nSPS) is 19.5. The Morgan fingerprint density at radius 3 is 2.32 bits per heavy atom. The number of hydrogen-bond donors (Lipinski definition) is 0. The fourth-order valence-electron chi connectivity index (χ4n) is 4.03. The molecule has 1 atom stereocenters. The number of benzene rings is 1. The van der Waals surface area contributed by atoms with Crippen LogP contribution in [0.2, 0.25) is 0 Å². The van der Waals surface area contributed by atoms with Crippen LogP contribution < -0.4 is 4.74 Å². The van der Waals surface area contributed by atoms with Gasteiger partial charge in [0.25, 0.3) is 5.91 Å². The molecule has 1 heterocycles. The number of amides is 1. The van der Waals surface area contributed by atoms with Crippen LogP contribution in [0.4, 0.5) is 13.2 Å². The smallest absolute Gasteiger partial charge is 0.406 e. The van der Waals surface area contributed by atoms with Crippen molar-refractivity contribution in [3.63, 3.8) is 0 Å². The molecule has 10 heteroatoms. The number of ether oxygens (including phenoxy) is 1. The van der Waals surface area contributed by atoms with Crippen molar-refractivity contribution in [1.29, 1.82) is 0 Å². The summed E-state index contributed by atoms with van der Waals surface area (Å²) in [5.74, 6) is -0.727. The van der Waals surface area contributed by atoms with Crippen LogP contribution >= 0.6 is 0 Å². The van der Waals surface area contributed by atoms with Crippen LogP contribution in [-0.2, 0) is 10.0 Å². The lowest BCUT2D eigenvalue weighted by Gasteiger charge is -2.30. The molecule has 1 amide bonds. The Morgan fingerprint density at radius 2 is 1.81 bits per heavy atom. The third-order valence-corrected chi connectivity index (χ3v) is 7.92. The van der Waals surface area contributed by atoms with Gasteiger partial charge in [-0.3, -0.25) is 4.79 Å². The lowest BCUT2D eigenvalue weighted by Crippen LogP contribution is -2.45. The number of rotatable bonds is 7. The van der Waals surface area contributed by atoms with Crippen molar-refractivity contribution >= 4 is 15.9 Å². The third kappa shape index (κ3) is 5.71. The molecule has 1 saturated carbocycles. The fraction of sp³-hybridized carbons (Fsp3) is 0.667. The molecule has 1 saturated heterocycles. The number of alkyl halides is 3. The molecule has 0 N–H and O–H groups in total. The van der Waals surface area contributed by atoms with Gasteiger partial charge in [0.15, 0.2) is 0 Å². The summed E-state index contributed by atoms with van der Waals surface area (Å²) in [6, 6.07) is 3.24. The highest BCUT2D eigenvalue weighted by Crippen LogP contribution is 2.37. The van der Waals surface area contributed by atoms with Crippen LogP contribution in [0.3, 0.4) is 0 Å². The third-order valence-electron chi connectivity index (χ3n) is 6.00. The van der Waals surface area contributed by atoms with Gasteiger partial charge in [-0.25, -0.2) is 8.42 Å². The van der Waals surface area contributed by atoms with Gasteiger partial charge in [0.2, 0.25) is 10.0 Å². The number of halogens is 3. The Bertz CT molecular complexity index is 892. The van der Waals surface area contributed by atoms with Gasteiger partial charge in [-0.05, 0) is 56.7 Å². The monoisotopic (exact) mass is 462 g/mol. The molecule has 2 aliphatic rings. The predicted octanol–water partition coefficient (Wildman–Crippen LogP) is 4.06. The number of sulfonamides is 1. The SMILES string of the molecule is COc1ccc(C(=O)N(CC(F)(F)F)C(C)C2CC2)cc1S(=O)(=O)N1CCCCCC1. The minimum Gasteiger partial charge on any atom is -0.495 e. The maximum atomic E-state index is 13.3. The molecule has 1 aromatic carbocycles. The Morgan fingerprint density at radius 1 is 1.19 bits per heavy atom. The van der Waals surface area contributed by atoms with E-state index in [4.69, 9.17) is 4.74 Å². The highest BCUT2D eigenvalue weighted by Gasteiger charge is 2.41. The first-order chi connectivity index (χ1) is 14.5. The van der Waals surface area contributed by atoms with Crippen molar-refractivity contribution in [2.75, 3.05) is 26.7 Å². The first kappa shape index (κ1) is 23.8. The van der Waals surface area contributed by atoms with Crippen LogP contribution in [0.5, 0.6) is 5.75 Å². The quantitative estimate of drug-likeness (QED) is 0.613. The van der Waals surface area contributed by atoms with Crippen molar-refractivity contribution in [1.82, 2.24) is 9.21 Å². The molecule has 0 aromatic heterocycles. The summed E-state index contributed by atoms with van der Waals surface area (Å²) < 4.78 is 72.7. The molecule has 1 aromatic rings. The topological polar surface area (TPSA) is 66.9 Å². The summed E-state index contributed by atoms with van der Waals surface area (Å²) in [4.78, 5) is 13.7. The molecule has 2 fully saturated rings. The molecule has 0 spiro atoms. The number of carbonyl (C=O) groups excluding carboxylic acids is 1. The van der Waals surface area contributed by atoms with E-state index in [0.717, 1.165) is 49.5 Å². The second kappa shape index (κ2) is 9.36. The van der Waals surface area contributed by atoms with Gasteiger partial charge in [0, 0.05) is 24.7 Å². The maximum absolute atomic E-state index is 13.3. The van der Waals surface area contributed by atoms with Gasteiger partial charge in [-0.1, -0.05) is 12.8 Å². The van der Waals surface area contributed by atoms with Crippen LogP contribution in [-0.4, -0.2) is 62.5 Å². The lowest BCUT2D eigenvalue weighted by atomic mass is 10.1.